The fourth-order valence-corrected chi connectivity index (χ4v) is 1.39. The molecule has 1 rings (SSSR count). The van der Waals surface area contributed by atoms with Crippen LogP contribution in [0.3, 0.4) is 0 Å². The minimum atomic E-state index is -0.0732. The van der Waals surface area contributed by atoms with Crippen molar-refractivity contribution in [3.05, 3.63) is 27.2 Å². The summed E-state index contributed by atoms with van der Waals surface area (Å²) in [4.78, 5) is 0. The number of hydrogen-bond acceptors (Lipinski definition) is 2. The molecule has 1 N–H and O–H groups in total. The molecule has 4 heteroatoms. The highest BCUT2D eigenvalue weighted by molar-refractivity contribution is 9.10. The number of hydrogen-bond donors (Lipinski definition) is 1. The van der Waals surface area contributed by atoms with Gasteiger partial charge < -0.3 is 9.84 Å². The third-order valence-electron chi connectivity index (χ3n) is 1.49. The predicted octanol–water partition coefficient (Wildman–Crippen LogP) is 2.60. The molecule has 0 heterocycles. The Bertz CT molecular complexity index is 260. The average molecular weight is 252 g/mol. The molecule has 0 aliphatic carbocycles. The Labute approximate surface area is 84.2 Å². The average Bonchev–Trinajstić information content (AvgIpc) is 2.09. The second kappa shape index (κ2) is 4.12. The molecule has 66 valence electrons. The summed E-state index contributed by atoms with van der Waals surface area (Å²) >= 11 is 9.06. The van der Waals surface area contributed by atoms with Gasteiger partial charge >= 0.3 is 0 Å². The van der Waals surface area contributed by atoms with Gasteiger partial charge in [0.15, 0.2) is 0 Å². The lowest BCUT2D eigenvalue weighted by Gasteiger charge is -2.07. The van der Waals surface area contributed by atoms with Gasteiger partial charge in [0.1, 0.15) is 5.75 Å². The molecule has 0 saturated carbocycles. The Kier molecular flexibility index (Phi) is 3.38. The zero-order valence-electron chi connectivity index (χ0n) is 6.47. The third kappa shape index (κ3) is 1.91. The molecule has 2 nitrogen and oxygen atoms in total. The molecule has 0 spiro atoms. The van der Waals surface area contributed by atoms with Crippen LogP contribution in [0.5, 0.6) is 5.75 Å². The van der Waals surface area contributed by atoms with Gasteiger partial charge in [-0.05, 0) is 28.1 Å². The van der Waals surface area contributed by atoms with Crippen LogP contribution in [0.15, 0.2) is 16.6 Å². The van der Waals surface area contributed by atoms with Gasteiger partial charge in [-0.25, -0.2) is 0 Å². The molecule has 1 aromatic rings. The van der Waals surface area contributed by atoms with E-state index in [-0.39, 0.29) is 6.61 Å². The third-order valence-corrected chi connectivity index (χ3v) is 2.69. The number of rotatable bonds is 2. The van der Waals surface area contributed by atoms with Crippen LogP contribution in [-0.4, -0.2) is 12.2 Å². The van der Waals surface area contributed by atoms with Gasteiger partial charge in [0, 0.05) is 10.0 Å². The minimum Gasteiger partial charge on any atom is -0.496 e. The fraction of sp³-hybridized carbons (Fsp3) is 0.250. The van der Waals surface area contributed by atoms with E-state index in [2.05, 4.69) is 15.9 Å². The summed E-state index contributed by atoms with van der Waals surface area (Å²) in [5.41, 5.74) is 0.686. The molecular weight excluding hydrogens is 243 g/mol. The van der Waals surface area contributed by atoms with Crippen LogP contribution in [0.4, 0.5) is 0 Å². The fourth-order valence-electron chi connectivity index (χ4n) is 0.883. The van der Waals surface area contributed by atoms with E-state index in [1.165, 1.54) is 0 Å². The van der Waals surface area contributed by atoms with Gasteiger partial charge in [-0.2, -0.15) is 0 Å². The SMILES string of the molecule is COc1cc(Br)c(Cl)cc1CO. The monoisotopic (exact) mass is 250 g/mol. The highest BCUT2D eigenvalue weighted by atomic mass is 79.9. The van der Waals surface area contributed by atoms with Crippen LogP contribution < -0.4 is 4.74 Å². The van der Waals surface area contributed by atoms with Crippen molar-refractivity contribution in [3.63, 3.8) is 0 Å². The summed E-state index contributed by atoms with van der Waals surface area (Å²) in [6, 6.07) is 3.40. The Morgan fingerprint density at radius 3 is 2.75 bits per heavy atom. The van der Waals surface area contributed by atoms with E-state index in [0.29, 0.717) is 16.3 Å². The zero-order chi connectivity index (χ0) is 9.14. The standard InChI is InChI=1S/C8H8BrClO2/c1-12-8-3-6(9)7(10)2-5(8)4-11/h2-3,11H,4H2,1H3. The first-order valence-electron chi connectivity index (χ1n) is 3.31. The number of ether oxygens (including phenoxy) is 1. The lowest BCUT2D eigenvalue weighted by atomic mass is 10.2. The van der Waals surface area contributed by atoms with E-state index in [0.717, 1.165) is 4.47 Å². The van der Waals surface area contributed by atoms with Crippen molar-refractivity contribution in [2.45, 2.75) is 6.61 Å². The molecule has 0 aliphatic heterocycles. The molecule has 0 unspecified atom stereocenters. The second-order valence-electron chi connectivity index (χ2n) is 2.24. The largest absolute Gasteiger partial charge is 0.496 e. The van der Waals surface area contributed by atoms with Crippen molar-refractivity contribution in [2.24, 2.45) is 0 Å². The molecule has 0 atom stereocenters. The van der Waals surface area contributed by atoms with Crippen molar-refractivity contribution in [3.8, 4) is 5.75 Å². The number of benzene rings is 1. The summed E-state index contributed by atoms with van der Waals surface area (Å²) in [7, 11) is 1.55. The number of halogens is 2. The Balaban J connectivity index is 3.19. The normalized spacial score (nSPS) is 10.0. The topological polar surface area (TPSA) is 29.5 Å². The Morgan fingerprint density at radius 1 is 1.58 bits per heavy atom. The molecule has 0 fully saturated rings. The van der Waals surface area contributed by atoms with Crippen molar-refractivity contribution < 1.29 is 9.84 Å². The van der Waals surface area contributed by atoms with Crippen LogP contribution in [0.1, 0.15) is 5.56 Å². The maximum Gasteiger partial charge on any atom is 0.125 e. The highest BCUT2D eigenvalue weighted by Gasteiger charge is 2.05. The van der Waals surface area contributed by atoms with Crippen LogP contribution in [0.25, 0.3) is 0 Å². The summed E-state index contributed by atoms with van der Waals surface area (Å²) in [6.07, 6.45) is 0. The first-order valence-corrected chi connectivity index (χ1v) is 4.49. The number of aliphatic hydroxyl groups is 1. The van der Waals surface area contributed by atoms with Gasteiger partial charge in [0.2, 0.25) is 0 Å². The molecule has 0 aromatic heterocycles. The van der Waals surface area contributed by atoms with Gasteiger partial charge in [-0.15, -0.1) is 0 Å². The van der Waals surface area contributed by atoms with Gasteiger partial charge in [-0.1, -0.05) is 11.6 Å². The van der Waals surface area contributed by atoms with Crippen molar-refractivity contribution >= 4 is 27.5 Å². The van der Waals surface area contributed by atoms with Crippen LogP contribution in [-0.2, 0) is 6.61 Å². The van der Waals surface area contributed by atoms with E-state index >= 15 is 0 Å². The van der Waals surface area contributed by atoms with E-state index in [1.807, 2.05) is 0 Å². The van der Waals surface area contributed by atoms with E-state index in [4.69, 9.17) is 21.4 Å². The van der Waals surface area contributed by atoms with Gasteiger partial charge in [0.05, 0.1) is 18.7 Å². The van der Waals surface area contributed by atoms with E-state index < -0.39 is 0 Å². The van der Waals surface area contributed by atoms with Gasteiger partial charge in [-0.3, -0.25) is 0 Å². The summed E-state index contributed by atoms with van der Waals surface area (Å²) in [5, 5.41) is 9.48. The lowest BCUT2D eigenvalue weighted by molar-refractivity contribution is 0.273. The Hall–Kier alpha value is -0.250. The first kappa shape index (κ1) is 9.84. The molecule has 0 radical (unpaired) electrons. The first-order chi connectivity index (χ1) is 5.69. The Morgan fingerprint density at radius 2 is 2.25 bits per heavy atom. The van der Waals surface area contributed by atoms with Crippen LogP contribution >= 0.6 is 27.5 Å². The smallest absolute Gasteiger partial charge is 0.125 e. The second-order valence-corrected chi connectivity index (χ2v) is 3.50. The molecule has 0 bridgehead atoms. The minimum absolute atomic E-state index is 0.0732. The van der Waals surface area contributed by atoms with Crippen molar-refractivity contribution in [1.29, 1.82) is 0 Å². The highest BCUT2D eigenvalue weighted by Crippen LogP contribution is 2.30. The van der Waals surface area contributed by atoms with E-state index in [9.17, 15) is 0 Å². The molecule has 12 heavy (non-hydrogen) atoms. The molecule has 1 aromatic carbocycles. The molecule has 0 saturated heterocycles. The van der Waals surface area contributed by atoms with Crippen LogP contribution in [0.2, 0.25) is 5.02 Å². The maximum atomic E-state index is 8.91. The molecule has 0 amide bonds. The maximum absolute atomic E-state index is 8.91. The van der Waals surface area contributed by atoms with Crippen molar-refractivity contribution in [1.82, 2.24) is 0 Å². The number of aliphatic hydroxyl groups excluding tert-OH is 1. The zero-order valence-corrected chi connectivity index (χ0v) is 8.82. The van der Waals surface area contributed by atoms with Gasteiger partial charge in [0.25, 0.3) is 0 Å². The lowest BCUT2D eigenvalue weighted by Crippen LogP contribution is -1.91. The summed E-state index contributed by atoms with van der Waals surface area (Å²) < 4.78 is 5.79. The predicted molar refractivity (Wildman–Crippen MR) is 51.6 cm³/mol. The number of methoxy groups -OCH3 is 1. The van der Waals surface area contributed by atoms with Crippen molar-refractivity contribution in [2.75, 3.05) is 7.11 Å². The quantitative estimate of drug-likeness (QED) is 0.875. The molecular formula is C8H8BrClO2. The van der Waals surface area contributed by atoms with E-state index in [1.54, 1.807) is 19.2 Å². The molecule has 0 aliphatic rings. The summed E-state index contributed by atoms with van der Waals surface area (Å²) in [6.45, 7) is -0.0732. The summed E-state index contributed by atoms with van der Waals surface area (Å²) in [5.74, 6) is 0.633. The van der Waals surface area contributed by atoms with Crippen LogP contribution in [0, 0.1) is 0 Å².